The molecule has 0 rings (SSSR count). The summed E-state index contributed by atoms with van der Waals surface area (Å²) in [5.41, 5.74) is 0. The molecule has 1 nitrogen and oxygen atoms in total. The molecule has 2 atom stereocenters. The van der Waals surface area contributed by atoms with Gasteiger partial charge in [0.15, 0.2) is 0 Å². The van der Waals surface area contributed by atoms with Gasteiger partial charge in [0, 0.05) is 6.04 Å². The van der Waals surface area contributed by atoms with E-state index in [9.17, 15) is 0 Å². The van der Waals surface area contributed by atoms with Crippen LogP contribution in [0, 0.1) is 5.92 Å². The van der Waals surface area contributed by atoms with Gasteiger partial charge in [0.25, 0.3) is 0 Å². The number of thioether (sulfide) groups is 1. The van der Waals surface area contributed by atoms with Crippen LogP contribution in [0.4, 0.5) is 0 Å². The molecule has 0 aromatic rings. The van der Waals surface area contributed by atoms with Crippen molar-refractivity contribution in [3.8, 4) is 0 Å². The van der Waals surface area contributed by atoms with E-state index >= 15 is 0 Å². The van der Waals surface area contributed by atoms with Crippen molar-refractivity contribution in [3.05, 3.63) is 0 Å². The Morgan fingerprint density at radius 2 is 2.00 bits per heavy atom. The highest BCUT2D eigenvalue weighted by molar-refractivity contribution is 7.98. The van der Waals surface area contributed by atoms with Gasteiger partial charge in [-0.2, -0.15) is 11.8 Å². The zero-order valence-electron chi connectivity index (χ0n) is 9.60. The van der Waals surface area contributed by atoms with Gasteiger partial charge in [-0.3, -0.25) is 0 Å². The third-order valence-electron chi connectivity index (χ3n) is 2.35. The SMILES string of the molecule is CCNC(C)CC(C)CCCSC. The predicted octanol–water partition coefficient (Wildman–Crippen LogP) is 3.15. The average Bonchev–Trinajstić information content (AvgIpc) is 2.05. The van der Waals surface area contributed by atoms with Crippen LogP contribution in [0.25, 0.3) is 0 Å². The molecule has 0 aliphatic heterocycles. The van der Waals surface area contributed by atoms with Crippen molar-refractivity contribution in [1.29, 1.82) is 0 Å². The standard InChI is InChI=1S/C11H25NS/c1-5-12-11(3)9-10(2)7-6-8-13-4/h10-12H,5-9H2,1-4H3. The topological polar surface area (TPSA) is 12.0 Å². The maximum absolute atomic E-state index is 3.46. The maximum Gasteiger partial charge on any atom is 0.00411 e. The molecule has 0 aromatic carbocycles. The fourth-order valence-corrected chi connectivity index (χ4v) is 2.18. The second kappa shape index (κ2) is 8.89. The molecule has 0 saturated carbocycles. The minimum atomic E-state index is 0.689. The number of nitrogens with one attached hydrogen (secondary N) is 1. The van der Waals surface area contributed by atoms with Gasteiger partial charge < -0.3 is 5.32 Å². The smallest absolute Gasteiger partial charge is 0.00411 e. The lowest BCUT2D eigenvalue weighted by molar-refractivity contribution is 0.406. The second-order valence-electron chi connectivity index (χ2n) is 3.93. The molecule has 0 heterocycles. The molecule has 2 unspecified atom stereocenters. The summed E-state index contributed by atoms with van der Waals surface area (Å²) in [6.45, 7) is 7.93. The van der Waals surface area contributed by atoms with Crippen molar-refractivity contribution in [2.45, 2.75) is 46.1 Å². The number of hydrogen-bond donors (Lipinski definition) is 1. The van der Waals surface area contributed by atoms with E-state index in [1.54, 1.807) is 0 Å². The van der Waals surface area contributed by atoms with E-state index in [4.69, 9.17) is 0 Å². The Balaban J connectivity index is 3.32. The van der Waals surface area contributed by atoms with Crippen molar-refractivity contribution >= 4 is 11.8 Å². The summed E-state index contributed by atoms with van der Waals surface area (Å²) in [6, 6.07) is 0.689. The molecule has 13 heavy (non-hydrogen) atoms. The third-order valence-corrected chi connectivity index (χ3v) is 3.05. The Kier molecular flexibility index (Phi) is 9.10. The monoisotopic (exact) mass is 203 g/mol. The highest BCUT2D eigenvalue weighted by Gasteiger charge is 2.06. The van der Waals surface area contributed by atoms with Gasteiger partial charge in [0.2, 0.25) is 0 Å². The summed E-state index contributed by atoms with van der Waals surface area (Å²) in [5.74, 6) is 2.20. The van der Waals surface area contributed by atoms with Crippen molar-refractivity contribution in [3.63, 3.8) is 0 Å². The van der Waals surface area contributed by atoms with E-state index in [0.29, 0.717) is 6.04 Å². The summed E-state index contributed by atoms with van der Waals surface area (Å²) in [7, 11) is 0. The second-order valence-corrected chi connectivity index (χ2v) is 4.92. The first-order chi connectivity index (χ1) is 6.20. The van der Waals surface area contributed by atoms with Gasteiger partial charge in [-0.1, -0.05) is 13.8 Å². The summed E-state index contributed by atoms with van der Waals surface area (Å²) in [6.07, 6.45) is 6.27. The van der Waals surface area contributed by atoms with Gasteiger partial charge in [0.05, 0.1) is 0 Å². The highest BCUT2D eigenvalue weighted by atomic mass is 32.2. The molecule has 0 aliphatic rings. The molecule has 0 saturated heterocycles. The quantitative estimate of drug-likeness (QED) is 0.608. The first kappa shape index (κ1) is 13.3. The van der Waals surface area contributed by atoms with Gasteiger partial charge in [-0.05, 0) is 50.7 Å². The Bertz CT molecular complexity index is 106. The minimum Gasteiger partial charge on any atom is -0.315 e. The van der Waals surface area contributed by atoms with Gasteiger partial charge >= 0.3 is 0 Å². The summed E-state index contributed by atoms with van der Waals surface area (Å²) >= 11 is 1.96. The van der Waals surface area contributed by atoms with Crippen LogP contribution in [-0.2, 0) is 0 Å². The van der Waals surface area contributed by atoms with Crippen LogP contribution in [0.1, 0.15) is 40.0 Å². The highest BCUT2D eigenvalue weighted by Crippen LogP contribution is 2.14. The van der Waals surface area contributed by atoms with E-state index in [0.717, 1.165) is 12.5 Å². The molecule has 1 N–H and O–H groups in total. The molecule has 0 radical (unpaired) electrons. The predicted molar refractivity (Wildman–Crippen MR) is 64.5 cm³/mol. The molecular weight excluding hydrogens is 178 g/mol. The van der Waals surface area contributed by atoms with E-state index in [-0.39, 0.29) is 0 Å². The summed E-state index contributed by atoms with van der Waals surface area (Å²) < 4.78 is 0. The van der Waals surface area contributed by atoms with Crippen LogP contribution >= 0.6 is 11.8 Å². The number of rotatable bonds is 8. The minimum absolute atomic E-state index is 0.689. The summed E-state index contributed by atoms with van der Waals surface area (Å²) in [5, 5.41) is 3.46. The Morgan fingerprint density at radius 1 is 1.31 bits per heavy atom. The molecule has 0 amide bonds. The van der Waals surface area contributed by atoms with E-state index in [1.807, 2.05) is 11.8 Å². The normalized spacial score (nSPS) is 15.7. The van der Waals surface area contributed by atoms with Crippen LogP contribution in [-0.4, -0.2) is 24.6 Å². The van der Waals surface area contributed by atoms with Crippen molar-refractivity contribution in [2.24, 2.45) is 5.92 Å². The molecule has 0 bridgehead atoms. The van der Waals surface area contributed by atoms with E-state index < -0.39 is 0 Å². The Morgan fingerprint density at radius 3 is 2.54 bits per heavy atom. The molecular formula is C11H25NS. The molecule has 0 fully saturated rings. The van der Waals surface area contributed by atoms with Gasteiger partial charge in [0.1, 0.15) is 0 Å². The number of hydrogen-bond acceptors (Lipinski definition) is 2. The van der Waals surface area contributed by atoms with Crippen LogP contribution in [0.3, 0.4) is 0 Å². The van der Waals surface area contributed by atoms with Gasteiger partial charge in [-0.15, -0.1) is 0 Å². The van der Waals surface area contributed by atoms with Crippen molar-refractivity contribution in [2.75, 3.05) is 18.6 Å². The Hall–Kier alpha value is 0.310. The van der Waals surface area contributed by atoms with Crippen LogP contribution in [0.2, 0.25) is 0 Å². The maximum atomic E-state index is 3.46. The molecule has 0 spiro atoms. The fraction of sp³-hybridized carbons (Fsp3) is 1.00. The van der Waals surface area contributed by atoms with E-state index in [1.165, 1.54) is 25.0 Å². The average molecular weight is 203 g/mol. The molecule has 80 valence electrons. The third kappa shape index (κ3) is 8.63. The van der Waals surface area contributed by atoms with Crippen LogP contribution in [0.15, 0.2) is 0 Å². The molecule has 0 aromatic heterocycles. The Labute approximate surface area is 88.1 Å². The first-order valence-corrected chi connectivity index (χ1v) is 6.82. The molecule has 0 aliphatic carbocycles. The fourth-order valence-electron chi connectivity index (χ4n) is 1.73. The molecule has 2 heteroatoms. The van der Waals surface area contributed by atoms with Crippen LogP contribution in [0.5, 0.6) is 0 Å². The lowest BCUT2D eigenvalue weighted by Crippen LogP contribution is -2.27. The van der Waals surface area contributed by atoms with Crippen molar-refractivity contribution in [1.82, 2.24) is 5.32 Å². The van der Waals surface area contributed by atoms with E-state index in [2.05, 4.69) is 32.3 Å². The lowest BCUT2D eigenvalue weighted by Gasteiger charge is -2.17. The van der Waals surface area contributed by atoms with Crippen LogP contribution < -0.4 is 5.32 Å². The summed E-state index contributed by atoms with van der Waals surface area (Å²) in [4.78, 5) is 0. The van der Waals surface area contributed by atoms with Gasteiger partial charge in [-0.25, -0.2) is 0 Å². The first-order valence-electron chi connectivity index (χ1n) is 5.43. The lowest BCUT2D eigenvalue weighted by atomic mass is 9.98. The zero-order valence-corrected chi connectivity index (χ0v) is 10.4. The largest absolute Gasteiger partial charge is 0.315 e. The van der Waals surface area contributed by atoms with Crippen molar-refractivity contribution < 1.29 is 0 Å². The zero-order chi connectivity index (χ0) is 10.1.